The normalized spacial score (nSPS) is 16.8. The Morgan fingerprint density at radius 2 is 2.00 bits per heavy atom. The standard InChI is InChI=1S/C8H19NO/c1-3-4-5-8(2,9)6-7-10/h10H,3-7,9H2,1-2H3/t8-/m1/s1. The number of unbranched alkanes of at least 4 members (excludes halogenated alkanes) is 1. The van der Waals surface area contributed by atoms with E-state index < -0.39 is 0 Å². The summed E-state index contributed by atoms with van der Waals surface area (Å²) in [5.41, 5.74) is 5.71. The molecule has 0 amide bonds. The van der Waals surface area contributed by atoms with Crippen LogP contribution in [-0.2, 0) is 0 Å². The highest BCUT2D eigenvalue weighted by Crippen LogP contribution is 2.13. The third-order valence-electron chi connectivity index (χ3n) is 1.78. The van der Waals surface area contributed by atoms with Gasteiger partial charge in [-0.05, 0) is 19.8 Å². The van der Waals surface area contributed by atoms with Crippen molar-refractivity contribution in [2.24, 2.45) is 5.73 Å². The van der Waals surface area contributed by atoms with Gasteiger partial charge in [-0.3, -0.25) is 0 Å². The van der Waals surface area contributed by atoms with Crippen molar-refractivity contribution in [1.29, 1.82) is 0 Å². The third-order valence-corrected chi connectivity index (χ3v) is 1.78. The predicted molar refractivity (Wildman–Crippen MR) is 43.8 cm³/mol. The highest BCUT2D eigenvalue weighted by Gasteiger charge is 2.15. The lowest BCUT2D eigenvalue weighted by molar-refractivity contribution is 0.238. The van der Waals surface area contributed by atoms with E-state index in [2.05, 4.69) is 6.92 Å². The fourth-order valence-electron chi connectivity index (χ4n) is 0.961. The van der Waals surface area contributed by atoms with E-state index in [0.717, 1.165) is 12.8 Å². The lowest BCUT2D eigenvalue weighted by Crippen LogP contribution is -2.36. The van der Waals surface area contributed by atoms with Crippen molar-refractivity contribution in [1.82, 2.24) is 0 Å². The molecule has 3 N–H and O–H groups in total. The van der Waals surface area contributed by atoms with Crippen LogP contribution in [0.4, 0.5) is 0 Å². The van der Waals surface area contributed by atoms with Gasteiger partial charge in [0.25, 0.3) is 0 Å². The van der Waals surface area contributed by atoms with Crippen molar-refractivity contribution in [2.45, 2.75) is 45.1 Å². The molecule has 0 rings (SSSR count). The molecule has 0 saturated carbocycles. The summed E-state index contributed by atoms with van der Waals surface area (Å²) in [5.74, 6) is 0. The molecule has 0 spiro atoms. The molecule has 0 radical (unpaired) electrons. The van der Waals surface area contributed by atoms with Crippen LogP contribution in [-0.4, -0.2) is 17.3 Å². The van der Waals surface area contributed by atoms with E-state index >= 15 is 0 Å². The van der Waals surface area contributed by atoms with Crippen LogP contribution in [0.5, 0.6) is 0 Å². The fourth-order valence-corrected chi connectivity index (χ4v) is 0.961. The van der Waals surface area contributed by atoms with Gasteiger partial charge in [-0.2, -0.15) is 0 Å². The van der Waals surface area contributed by atoms with E-state index in [-0.39, 0.29) is 12.1 Å². The second kappa shape index (κ2) is 4.69. The lowest BCUT2D eigenvalue weighted by atomic mass is 9.93. The number of nitrogens with two attached hydrogens (primary N) is 1. The van der Waals surface area contributed by atoms with Gasteiger partial charge in [0.15, 0.2) is 0 Å². The van der Waals surface area contributed by atoms with Gasteiger partial charge in [-0.15, -0.1) is 0 Å². The molecule has 2 nitrogen and oxygen atoms in total. The summed E-state index contributed by atoms with van der Waals surface area (Å²) in [6.07, 6.45) is 4.07. The van der Waals surface area contributed by atoms with Crippen molar-refractivity contribution < 1.29 is 5.11 Å². The lowest BCUT2D eigenvalue weighted by Gasteiger charge is -2.22. The summed E-state index contributed by atoms with van der Waals surface area (Å²) in [5, 5.41) is 8.62. The summed E-state index contributed by atoms with van der Waals surface area (Å²) in [6.45, 7) is 4.35. The Balaban J connectivity index is 3.42. The van der Waals surface area contributed by atoms with Gasteiger partial charge >= 0.3 is 0 Å². The zero-order chi connectivity index (χ0) is 8.04. The van der Waals surface area contributed by atoms with Crippen LogP contribution in [0.15, 0.2) is 0 Å². The van der Waals surface area contributed by atoms with E-state index in [4.69, 9.17) is 10.8 Å². The largest absolute Gasteiger partial charge is 0.396 e. The van der Waals surface area contributed by atoms with Crippen molar-refractivity contribution in [2.75, 3.05) is 6.61 Å². The summed E-state index contributed by atoms with van der Waals surface area (Å²) in [6, 6.07) is 0. The second-order valence-electron chi connectivity index (χ2n) is 3.23. The molecular weight excluding hydrogens is 126 g/mol. The number of aliphatic hydroxyl groups excluding tert-OH is 1. The van der Waals surface area contributed by atoms with E-state index in [1.165, 1.54) is 6.42 Å². The maximum absolute atomic E-state index is 8.62. The molecule has 0 aliphatic heterocycles. The predicted octanol–water partition coefficient (Wildman–Crippen LogP) is 1.28. The number of hydrogen-bond acceptors (Lipinski definition) is 2. The van der Waals surface area contributed by atoms with Crippen molar-refractivity contribution >= 4 is 0 Å². The van der Waals surface area contributed by atoms with Gasteiger partial charge < -0.3 is 10.8 Å². The molecule has 2 heteroatoms. The van der Waals surface area contributed by atoms with E-state index in [9.17, 15) is 0 Å². The monoisotopic (exact) mass is 145 g/mol. The first-order valence-electron chi connectivity index (χ1n) is 4.02. The van der Waals surface area contributed by atoms with Crippen LogP contribution in [0.25, 0.3) is 0 Å². The number of rotatable bonds is 5. The zero-order valence-corrected chi connectivity index (χ0v) is 7.06. The Labute approximate surface area is 63.4 Å². The minimum absolute atomic E-state index is 0.148. The molecule has 0 unspecified atom stereocenters. The van der Waals surface area contributed by atoms with Gasteiger partial charge in [-0.25, -0.2) is 0 Å². The molecule has 0 aromatic rings. The average Bonchev–Trinajstić information content (AvgIpc) is 1.84. The van der Waals surface area contributed by atoms with Gasteiger partial charge in [0, 0.05) is 12.1 Å². The Morgan fingerprint density at radius 3 is 2.40 bits per heavy atom. The molecule has 0 bridgehead atoms. The molecule has 62 valence electrons. The van der Waals surface area contributed by atoms with Crippen LogP contribution in [0.3, 0.4) is 0 Å². The highest BCUT2D eigenvalue weighted by atomic mass is 16.3. The Bertz CT molecular complexity index is 81.3. The fraction of sp³-hybridized carbons (Fsp3) is 1.00. The molecule has 0 fully saturated rings. The molecule has 0 aliphatic carbocycles. The van der Waals surface area contributed by atoms with Crippen molar-refractivity contribution in [3.05, 3.63) is 0 Å². The zero-order valence-electron chi connectivity index (χ0n) is 7.06. The van der Waals surface area contributed by atoms with Gasteiger partial charge in [-0.1, -0.05) is 19.8 Å². The van der Waals surface area contributed by atoms with Gasteiger partial charge in [0.2, 0.25) is 0 Å². The van der Waals surface area contributed by atoms with Crippen LogP contribution in [0.1, 0.15) is 39.5 Å². The van der Waals surface area contributed by atoms with E-state index in [0.29, 0.717) is 6.42 Å². The summed E-state index contributed by atoms with van der Waals surface area (Å²) in [4.78, 5) is 0. The number of aliphatic hydroxyl groups is 1. The topological polar surface area (TPSA) is 46.2 Å². The molecule has 0 aromatic carbocycles. The molecular formula is C8H19NO. The van der Waals surface area contributed by atoms with E-state index in [1.54, 1.807) is 0 Å². The van der Waals surface area contributed by atoms with E-state index in [1.807, 2.05) is 6.92 Å². The second-order valence-corrected chi connectivity index (χ2v) is 3.23. The molecule has 0 aliphatic rings. The third kappa shape index (κ3) is 4.77. The van der Waals surface area contributed by atoms with Crippen LogP contribution in [0, 0.1) is 0 Å². The SMILES string of the molecule is CCCC[C@@](C)(N)CCO. The Morgan fingerprint density at radius 1 is 1.40 bits per heavy atom. The summed E-state index contributed by atoms with van der Waals surface area (Å²) < 4.78 is 0. The Kier molecular flexibility index (Phi) is 4.65. The maximum Gasteiger partial charge on any atom is 0.0448 e. The summed E-state index contributed by atoms with van der Waals surface area (Å²) in [7, 11) is 0. The Hall–Kier alpha value is -0.0800. The molecule has 0 heterocycles. The van der Waals surface area contributed by atoms with Crippen molar-refractivity contribution in [3.63, 3.8) is 0 Å². The minimum Gasteiger partial charge on any atom is -0.396 e. The highest BCUT2D eigenvalue weighted by molar-refractivity contribution is 4.77. The first-order valence-corrected chi connectivity index (χ1v) is 4.02. The first-order chi connectivity index (χ1) is 4.62. The summed E-state index contributed by atoms with van der Waals surface area (Å²) >= 11 is 0. The molecule has 1 atom stereocenters. The van der Waals surface area contributed by atoms with Crippen molar-refractivity contribution in [3.8, 4) is 0 Å². The van der Waals surface area contributed by atoms with Crippen LogP contribution >= 0.6 is 0 Å². The average molecular weight is 145 g/mol. The quantitative estimate of drug-likeness (QED) is 0.612. The minimum atomic E-state index is -0.148. The van der Waals surface area contributed by atoms with Gasteiger partial charge in [0.05, 0.1) is 0 Å². The molecule has 0 aromatic heterocycles. The molecule has 10 heavy (non-hydrogen) atoms. The maximum atomic E-state index is 8.62. The smallest absolute Gasteiger partial charge is 0.0448 e. The van der Waals surface area contributed by atoms with Crippen LogP contribution < -0.4 is 5.73 Å². The molecule has 0 saturated heterocycles. The van der Waals surface area contributed by atoms with Gasteiger partial charge in [0.1, 0.15) is 0 Å². The first kappa shape index (κ1) is 9.92. The van der Waals surface area contributed by atoms with Crippen LogP contribution in [0.2, 0.25) is 0 Å². The number of hydrogen-bond donors (Lipinski definition) is 2.